The Morgan fingerprint density at radius 3 is 1.33 bits per heavy atom. The number of hydrogen-bond acceptors (Lipinski definition) is 0. The molecular weight excluding hydrogens is 195 g/mol. The van der Waals surface area contributed by atoms with Crippen LogP contribution in [0.4, 0.5) is 0 Å². The molecule has 0 N–H and O–H groups in total. The fourth-order valence-corrected chi connectivity index (χ4v) is 3.37. The van der Waals surface area contributed by atoms with Gasteiger partial charge in [-0.05, 0) is 0 Å². The Kier molecular flexibility index (Phi) is 15.0. The molecule has 0 fully saturated rings. The SMILES string of the molecule is CCCCCC[CH2][Al+][CH2]CCCCCC. The summed E-state index contributed by atoms with van der Waals surface area (Å²) in [6.07, 6.45) is 14.6. The van der Waals surface area contributed by atoms with Crippen molar-refractivity contribution >= 4 is 15.2 Å². The summed E-state index contributed by atoms with van der Waals surface area (Å²) in [5, 5.41) is 3.13. The third kappa shape index (κ3) is 14.5. The molecule has 0 spiro atoms. The molecule has 0 aromatic rings. The van der Waals surface area contributed by atoms with E-state index in [1.165, 1.54) is 64.2 Å². The van der Waals surface area contributed by atoms with Crippen LogP contribution >= 0.6 is 0 Å². The summed E-state index contributed by atoms with van der Waals surface area (Å²) in [6, 6.07) is 0. The predicted molar refractivity (Wildman–Crippen MR) is 72.9 cm³/mol. The van der Waals surface area contributed by atoms with Crippen molar-refractivity contribution in [2.45, 2.75) is 88.6 Å². The van der Waals surface area contributed by atoms with Gasteiger partial charge in [0.05, 0.1) is 0 Å². The summed E-state index contributed by atoms with van der Waals surface area (Å²) in [5.41, 5.74) is 0. The molecule has 0 saturated carbocycles. The fraction of sp³-hybridized carbons (Fsp3) is 1.00. The van der Waals surface area contributed by atoms with E-state index in [2.05, 4.69) is 13.8 Å². The Morgan fingerprint density at radius 2 is 0.933 bits per heavy atom. The van der Waals surface area contributed by atoms with Crippen LogP contribution in [0.1, 0.15) is 78.1 Å². The van der Waals surface area contributed by atoms with Gasteiger partial charge in [0.15, 0.2) is 0 Å². The Bertz CT molecular complexity index is 89.5. The van der Waals surface area contributed by atoms with Gasteiger partial charge in [-0.1, -0.05) is 0 Å². The summed E-state index contributed by atoms with van der Waals surface area (Å²) >= 11 is 0.799. The molecule has 88 valence electrons. The first-order valence-corrected chi connectivity index (χ1v) is 8.86. The van der Waals surface area contributed by atoms with Gasteiger partial charge in [-0.15, -0.1) is 0 Å². The molecule has 0 bridgehead atoms. The van der Waals surface area contributed by atoms with Crippen molar-refractivity contribution < 1.29 is 0 Å². The summed E-state index contributed by atoms with van der Waals surface area (Å²) < 4.78 is 0. The van der Waals surface area contributed by atoms with Gasteiger partial charge in [0.25, 0.3) is 0 Å². The molecule has 0 aliphatic rings. The van der Waals surface area contributed by atoms with Crippen molar-refractivity contribution in [3.63, 3.8) is 0 Å². The minimum absolute atomic E-state index is 0.799. The van der Waals surface area contributed by atoms with E-state index >= 15 is 0 Å². The molecule has 0 atom stereocenters. The number of hydrogen-bond donors (Lipinski definition) is 0. The molecule has 0 rings (SSSR count). The van der Waals surface area contributed by atoms with Crippen LogP contribution in [-0.4, -0.2) is 15.2 Å². The van der Waals surface area contributed by atoms with E-state index in [4.69, 9.17) is 0 Å². The Morgan fingerprint density at radius 1 is 0.533 bits per heavy atom. The molecule has 0 aromatic carbocycles. The second kappa shape index (κ2) is 14.5. The van der Waals surface area contributed by atoms with Gasteiger partial charge < -0.3 is 0 Å². The van der Waals surface area contributed by atoms with Crippen LogP contribution < -0.4 is 0 Å². The maximum atomic E-state index is 2.29. The van der Waals surface area contributed by atoms with Crippen molar-refractivity contribution in [3.05, 3.63) is 0 Å². The second-order valence-corrected chi connectivity index (χ2v) is 6.43. The van der Waals surface area contributed by atoms with Crippen molar-refractivity contribution in [1.29, 1.82) is 0 Å². The zero-order valence-electron chi connectivity index (χ0n) is 11.1. The first-order chi connectivity index (χ1) is 7.41. The van der Waals surface area contributed by atoms with Crippen LogP contribution in [-0.2, 0) is 0 Å². The average molecular weight is 225 g/mol. The minimum atomic E-state index is 0.799. The zero-order chi connectivity index (χ0) is 11.2. The van der Waals surface area contributed by atoms with Crippen molar-refractivity contribution in [2.24, 2.45) is 0 Å². The van der Waals surface area contributed by atoms with Gasteiger partial charge in [0.2, 0.25) is 0 Å². The van der Waals surface area contributed by atoms with Crippen LogP contribution in [0.2, 0.25) is 10.6 Å². The van der Waals surface area contributed by atoms with Crippen molar-refractivity contribution in [1.82, 2.24) is 0 Å². The molecular formula is C14H30Al+. The Balaban J connectivity index is 2.81. The molecule has 0 aliphatic heterocycles. The fourth-order valence-electron chi connectivity index (χ4n) is 1.93. The first-order valence-electron chi connectivity index (χ1n) is 7.23. The van der Waals surface area contributed by atoms with Crippen molar-refractivity contribution in [2.75, 3.05) is 0 Å². The maximum absolute atomic E-state index is 2.29. The molecule has 0 radical (unpaired) electrons. The predicted octanol–water partition coefficient (Wildman–Crippen LogP) is 5.47. The van der Waals surface area contributed by atoms with E-state index in [-0.39, 0.29) is 0 Å². The van der Waals surface area contributed by atoms with Gasteiger partial charge in [-0.3, -0.25) is 0 Å². The number of unbranched alkanes of at least 4 members (excludes halogenated alkanes) is 8. The molecule has 0 aliphatic carbocycles. The van der Waals surface area contributed by atoms with Crippen LogP contribution in [0, 0.1) is 0 Å². The van der Waals surface area contributed by atoms with Gasteiger partial charge >= 0.3 is 104 Å². The van der Waals surface area contributed by atoms with E-state index in [1.807, 2.05) is 0 Å². The molecule has 0 unspecified atom stereocenters. The third-order valence-corrected chi connectivity index (χ3v) is 4.66. The van der Waals surface area contributed by atoms with E-state index in [0.717, 1.165) is 15.2 Å². The van der Waals surface area contributed by atoms with E-state index in [1.54, 1.807) is 10.6 Å². The number of rotatable bonds is 12. The summed E-state index contributed by atoms with van der Waals surface area (Å²) in [4.78, 5) is 0. The molecule has 0 aromatic heterocycles. The van der Waals surface area contributed by atoms with E-state index in [0.29, 0.717) is 0 Å². The monoisotopic (exact) mass is 225 g/mol. The van der Waals surface area contributed by atoms with Gasteiger partial charge in [0.1, 0.15) is 0 Å². The van der Waals surface area contributed by atoms with Crippen molar-refractivity contribution in [3.8, 4) is 0 Å². The van der Waals surface area contributed by atoms with Gasteiger partial charge in [0, 0.05) is 0 Å². The van der Waals surface area contributed by atoms with Gasteiger partial charge in [-0.25, -0.2) is 0 Å². The van der Waals surface area contributed by atoms with Crippen LogP contribution in [0.3, 0.4) is 0 Å². The normalized spacial score (nSPS) is 10.3. The molecule has 0 heterocycles. The second-order valence-electron chi connectivity index (χ2n) is 4.69. The Labute approximate surface area is 104 Å². The zero-order valence-corrected chi connectivity index (χ0v) is 12.2. The molecule has 15 heavy (non-hydrogen) atoms. The Hall–Kier alpha value is 0.532. The quantitative estimate of drug-likeness (QED) is 0.305. The molecule has 0 nitrogen and oxygen atoms in total. The van der Waals surface area contributed by atoms with E-state index in [9.17, 15) is 0 Å². The van der Waals surface area contributed by atoms with Crippen LogP contribution in [0.5, 0.6) is 0 Å². The standard InChI is InChI=1S/2C7H15.Al/c2*1-3-5-7-6-4-2;/h2*1,3-7H2,2H3;/q;;+1. The summed E-state index contributed by atoms with van der Waals surface area (Å²) in [7, 11) is 0. The topological polar surface area (TPSA) is 0 Å². The molecule has 0 amide bonds. The summed E-state index contributed by atoms with van der Waals surface area (Å²) in [6.45, 7) is 4.59. The van der Waals surface area contributed by atoms with Crippen LogP contribution in [0.25, 0.3) is 0 Å². The molecule has 1 heteroatoms. The van der Waals surface area contributed by atoms with E-state index < -0.39 is 0 Å². The molecule has 0 saturated heterocycles. The third-order valence-electron chi connectivity index (χ3n) is 3.02. The first kappa shape index (κ1) is 15.5. The summed E-state index contributed by atoms with van der Waals surface area (Å²) in [5.74, 6) is 0. The van der Waals surface area contributed by atoms with Crippen LogP contribution in [0.15, 0.2) is 0 Å². The average Bonchev–Trinajstić information content (AvgIpc) is 2.26. The van der Waals surface area contributed by atoms with Gasteiger partial charge in [-0.2, -0.15) is 0 Å².